The average Bonchev–Trinajstić information content (AvgIpc) is 3.92. The Hall–Kier alpha value is -7.63. The molecule has 1 atom stereocenters. The summed E-state index contributed by atoms with van der Waals surface area (Å²) in [5, 5.41) is 10.7. The summed E-state index contributed by atoms with van der Waals surface area (Å²) in [6.45, 7) is 2.16. The van der Waals surface area contributed by atoms with Gasteiger partial charge in [0.15, 0.2) is 5.66 Å². The molecule has 1 N–H and O–H groups in total. The first kappa shape index (κ1) is 33.5. The summed E-state index contributed by atoms with van der Waals surface area (Å²) >= 11 is 0. The van der Waals surface area contributed by atoms with Gasteiger partial charge in [0.25, 0.3) is 0 Å². The first-order chi connectivity index (χ1) is 29.1. The molecule has 0 amide bonds. The smallest absolute Gasteiger partial charge is 0.153 e. The summed E-state index contributed by atoms with van der Waals surface area (Å²) in [6, 6.07) is 64.3. The molecule has 3 aromatic heterocycles. The highest BCUT2D eigenvalue weighted by Gasteiger charge is 2.30. The number of para-hydroxylation sites is 2. The number of hydrogen-bond acceptors (Lipinski definition) is 4. The third-order valence-corrected chi connectivity index (χ3v) is 12.1. The molecule has 0 fully saturated rings. The van der Waals surface area contributed by atoms with E-state index >= 15 is 0 Å². The van der Waals surface area contributed by atoms with Gasteiger partial charge in [0.05, 0.1) is 22.1 Å². The second-order valence-corrected chi connectivity index (χ2v) is 15.7. The maximum absolute atomic E-state index is 6.74. The van der Waals surface area contributed by atoms with Gasteiger partial charge in [-0.25, -0.2) is 0 Å². The molecule has 11 aromatic rings. The number of benzene rings is 8. The quantitative estimate of drug-likeness (QED) is 0.190. The molecule has 8 aromatic carbocycles. The number of nitrogens with one attached hydrogen (secondary N) is 1. The van der Waals surface area contributed by atoms with Crippen LogP contribution in [-0.2, 0) is 5.66 Å². The maximum Gasteiger partial charge on any atom is 0.153 e. The van der Waals surface area contributed by atoms with Crippen LogP contribution in [0.15, 0.2) is 202 Å². The van der Waals surface area contributed by atoms with Crippen LogP contribution in [0, 0.1) is 0 Å². The Bertz CT molecular complexity index is 3510. The number of hydrogen-bond donors (Lipinski definition) is 1. The van der Waals surface area contributed by atoms with Gasteiger partial charge in [-0.15, -0.1) is 0 Å². The standard InChI is InChI=1S/C54H37N3O2/c1-54(38-15-6-3-7-16-38)55-44(34-13-4-2-5-14-34)27-28-45(56-54)37-23-26-41-52(33-37)59-51-22-12-20-48(53(41)51)57-46-19-10-8-17-39(46)42-31-35(24-29-47(42)57)36-25-30-50-43(32-36)40-18-9-11-21-49(40)58-50/h2-26,28-33,56H,27H2,1H3. The Morgan fingerprint density at radius 1 is 0.492 bits per heavy atom. The number of nitrogens with zero attached hydrogens (tertiary/aromatic N) is 2. The summed E-state index contributed by atoms with van der Waals surface area (Å²) in [6.07, 6.45) is 2.96. The monoisotopic (exact) mass is 759 g/mol. The molecule has 0 radical (unpaired) electrons. The van der Waals surface area contributed by atoms with Gasteiger partial charge >= 0.3 is 0 Å². The van der Waals surface area contributed by atoms with Crippen molar-refractivity contribution < 1.29 is 8.83 Å². The third kappa shape index (κ3) is 5.35. The molecule has 0 saturated carbocycles. The van der Waals surface area contributed by atoms with Gasteiger partial charge in [-0.2, -0.15) is 0 Å². The van der Waals surface area contributed by atoms with Crippen molar-refractivity contribution in [3.63, 3.8) is 0 Å². The molecule has 1 unspecified atom stereocenters. The molecule has 4 heterocycles. The van der Waals surface area contributed by atoms with Crippen molar-refractivity contribution in [3.05, 3.63) is 205 Å². The Balaban J connectivity index is 0.978. The van der Waals surface area contributed by atoms with Gasteiger partial charge in [0.1, 0.15) is 22.3 Å². The lowest BCUT2D eigenvalue weighted by molar-refractivity contribution is 0.453. The molecule has 0 aliphatic carbocycles. The number of furan rings is 2. The molecule has 5 nitrogen and oxygen atoms in total. The van der Waals surface area contributed by atoms with Gasteiger partial charge in [-0.3, -0.25) is 4.99 Å². The van der Waals surface area contributed by atoms with Crippen molar-refractivity contribution in [1.29, 1.82) is 0 Å². The molecular formula is C54H37N3O2. The number of aliphatic imine (C=N–C) groups is 1. The third-order valence-electron chi connectivity index (χ3n) is 12.1. The summed E-state index contributed by atoms with van der Waals surface area (Å²) in [4.78, 5) is 5.38. The van der Waals surface area contributed by atoms with Gasteiger partial charge in [-0.1, -0.05) is 127 Å². The molecule has 5 heteroatoms. The predicted octanol–water partition coefficient (Wildman–Crippen LogP) is 13.9. The minimum absolute atomic E-state index is 0.679. The van der Waals surface area contributed by atoms with E-state index in [1.807, 2.05) is 24.3 Å². The molecule has 0 saturated heterocycles. The minimum atomic E-state index is -0.679. The van der Waals surface area contributed by atoms with Crippen LogP contribution in [0.1, 0.15) is 30.0 Å². The number of rotatable bonds is 5. The van der Waals surface area contributed by atoms with E-state index < -0.39 is 5.66 Å². The fourth-order valence-electron chi connectivity index (χ4n) is 9.24. The van der Waals surface area contributed by atoms with E-state index in [-0.39, 0.29) is 0 Å². The lowest BCUT2D eigenvalue weighted by Crippen LogP contribution is -2.36. The molecule has 0 bridgehead atoms. The van der Waals surface area contributed by atoms with Crippen molar-refractivity contribution in [2.24, 2.45) is 4.99 Å². The summed E-state index contributed by atoms with van der Waals surface area (Å²) in [5.41, 5.74) is 13.9. The predicted molar refractivity (Wildman–Crippen MR) is 243 cm³/mol. The van der Waals surface area contributed by atoms with Crippen LogP contribution in [0.2, 0.25) is 0 Å². The highest BCUT2D eigenvalue weighted by atomic mass is 16.3. The van der Waals surface area contributed by atoms with Crippen LogP contribution in [-0.4, -0.2) is 10.3 Å². The highest BCUT2D eigenvalue weighted by molar-refractivity contribution is 6.15. The summed E-state index contributed by atoms with van der Waals surface area (Å²) in [5.74, 6) is 0. The fourth-order valence-corrected chi connectivity index (χ4v) is 9.24. The molecule has 280 valence electrons. The number of allylic oxidation sites excluding steroid dienone is 1. The zero-order valence-electron chi connectivity index (χ0n) is 32.3. The van der Waals surface area contributed by atoms with Crippen LogP contribution >= 0.6 is 0 Å². The van der Waals surface area contributed by atoms with Crippen LogP contribution in [0.3, 0.4) is 0 Å². The van der Waals surface area contributed by atoms with Crippen molar-refractivity contribution >= 4 is 77.1 Å². The molecular weight excluding hydrogens is 723 g/mol. The Morgan fingerprint density at radius 2 is 1.15 bits per heavy atom. The summed E-state index contributed by atoms with van der Waals surface area (Å²) < 4.78 is 15.3. The first-order valence-corrected chi connectivity index (χ1v) is 20.2. The van der Waals surface area contributed by atoms with Crippen LogP contribution in [0.4, 0.5) is 0 Å². The van der Waals surface area contributed by atoms with Crippen molar-refractivity contribution in [1.82, 2.24) is 9.88 Å². The first-order valence-electron chi connectivity index (χ1n) is 20.2. The van der Waals surface area contributed by atoms with Crippen molar-refractivity contribution in [3.8, 4) is 16.8 Å². The van der Waals surface area contributed by atoms with E-state index in [0.29, 0.717) is 6.42 Å². The minimum Gasteiger partial charge on any atom is -0.456 e. The largest absolute Gasteiger partial charge is 0.456 e. The Labute approximate surface area is 340 Å². The molecule has 1 aliphatic heterocycles. The van der Waals surface area contributed by atoms with E-state index in [4.69, 9.17) is 13.8 Å². The second kappa shape index (κ2) is 12.9. The Morgan fingerprint density at radius 3 is 2.02 bits per heavy atom. The SMILES string of the molecule is CC1(c2ccccc2)N=C(c2ccccc2)CC=C(c2ccc3c(c2)oc2cccc(-n4c5ccccc5c5cc(-c6ccc7oc8ccccc8c7c6)ccc54)c23)N1. The molecule has 12 rings (SSSR count). The van der Waals surface area contributed by atoms with E-state index in [1.165, 1.54) is 10.8 Å². The lowest BCUT2D eigenvalue weighted by atomic mass is 10.00. The van der Waals surface area contributed by atoms with Crippen LogP contribution in [0.25, 0.3) is 88.2 Å². The van der Waals surface area contributed by atoms with Crippen molar-refractivity contribution in [2.75, 3.05) is 0 Å². The van der Waals surface area contributed by atoms with E-state index in [9.17, 15) is 0 Å². The van der Waals surface area contributed by atoms with E-state index in [0.717, 1.165) is 99.8 Å². The topological polar surface area (TPSA) is 55.6 Å². The van der Waals surface area contributed by atoms with Gasteiger partial charge in [-0.05, 0) is 89.8 Å². The zero-order chi connectivity index (χ0) is 39.1. The van der Waals surface area contributed by atoms with Gasteiger partial charge in [0.2, 0.25) is 0 Å². The molecule has 1 aliphatic rings. The van der Waals surface area contributed by atoms with Gasteiger partial charge < -0.3 is 18.7 Å². The average molecular weight is 760 g/mol. The fraction of sp³-hybridized carbons (Fsp3) is 0.0556. The number of fused-ring (bicyclic) bond motifs is 9. The van der Waals surface area contributed by atoms with Crippen molar-refractivity contribution in [2.45, 2.75) is 19.0 Å². The Kier molecular flexibility index (Phi) is 7.35. The van der Waals surface area contributed by atoms with Crippen LogP contribution < -0.4 is 5.32 Å². The second-order valence-electron chi connectivity index (χ2n) is 15.7. The van der Waals surface area contributed by atoms with E-state index in [1.54, 1.807) is 0 Å². The molecule has 59 heavy (non-hydrogen) atoms. The van der Waals surface area contributed by atoms with Crippen LogP contribution in [0.5, 0.6) is 0 Å². The zero-order valence-corrected chi connectivity index (χ0v) is 32.3. The summed E-state index contributed by atoms with van der Waals surface area (Å²) in [7, 11) is 0. The number of aromatic nitrogens is 1. The molecule has 0 spiro atoms. The van der Waals surface area contributed by atoms with E-state index in [2.05, 4.69) is 181 Å². The normalized spacial score (nSPS) is 15.9. The lowest BCUT2D eigenvalue weighted by Gasteiger charge is -2.29. The highest BCUT2D eigenvalue weighted by Crippen LogP contribution is 2.41. The maximum atomic E-state index is 6.74. The van der Waals surface area contributed by atoms with Gasteiger partial charge in [0, 0.05) is 50.3 Å².